The van der Waals surface area contributed by atoms with E-state index in [0.717, 1.165) is 29.6 Å². The number of nitrogens with zero attached hydrogens (tertiary/aromatic N) is 3. The molecule has 1 rings (SSSR count). The largest absolute Gasteiger partial charge is 0.370 e. The number of nitrogens with one attached hydrogen (secondary N) is 1. The van der Waals surface area contributed by atoms with Crippen molar-refractivity contribution in [1.29, 1.82) is 0 Å². The highest BCUT2D eigenvalue weighted by atomic mass is 15.2. The molecular formula is C14H26N4. The van der Waals surface area contributed by atoms with Gasteiger partial charge in [-0.15, -0.1) is 0 Å². The Hall–Kier alpha value is -1.32. The second-order valence-corrected chi connectivity index (χ2v) is 5.19. The zero-order valence-electron chi connectivity index (χ0n) is 12.7. The molecule has 0 saturated carbocycles. The van der Waals surface area contributed by atoms with E-state index in [4.69, 9.17) is 0 Å². The first kappa shape index (κ1) is 14.7. The summed E-state index contributed by atoms with van der Waals surface area (Å²) in [7, 11) is 2.11. The fourth-order valence-corrected chi connectivity index (χ4v) is 1.94. The highest BCUT2D eigenvalue weighted by Gasteiger charge is 2.19. The summed E-state index contributed by atoms with van der Waals surface area (Å²) >= 11 is 0. The molecule has 0 bridgehead atoms. The van der Waals surface area contributed by atoms with Gasteiger partial charge in [0.2, 0.25) is 0 Å². The fourth-order valence-electron chi connectivity index (χ4n) is 1.94. The minimum atomic E-state index is 0.451. The van der Waals surface area contributed by atoms with Gasteiger partial charge in [0, 0.05) is 25.2 Å². The summed E-state index contributed by atoms with van der Waals surface area (Å²) in [5.41, 5.74) is 1.12. The van der Waals surface area contributed by atoms with Gasteiger partial charge in [0.05, 0.1) is 0 Å². The first-order valence-corrected chi connectivity index (χ1v) is 6.70. The average Bonchev–Trinajstić information content (AvgIpc) is 2.31. The number of aryl methyl sites for hydroxylation is 1. The lowest BCUT2D eigenvalue weighted by Crippen LogP contribution is -2.34. The van der Waals surface area contributed by atoms with Crippen molar-refractivity contribution in [2.45, 2.75) is 47.6 Å². The molecule has 0 saturated heterocycles. The maximum Gasteiger partial charge on any atom is 0.137 e. The molecule has 18 heavy (non-hydrogen) atoms. The van der Waals surface area contributed by atoms with Gasteiger partial charge in [-0.05, 0) is 33.6 Å². The standard InChI is InChI=1S/C14H26N4/c1-8-15-13-10(4)14(17-12(6)16-13)18(7)11(5)9(2)3/h9,11H,8H2,1-7H3,(H,15,16,17). The van der Waals surface area contributed by atoms with E-state index in [2.05, 4.69) is 61.9 Å². The fraction of sp³-hybridized carbons (Fsp3) is 0.714. The summed E-state index contributed by atoms with van der Waals surface area (Å²) in [5.74, 6) is 3.38. The van der Waals surface area contributed by atoms with Crippen molar-refractivity contribution in [3.8, 4) is 0 Å². The van der Waals surface area contributed by atoms with Crippen molar-refractivity contribution >= 4 is 11.6 Å². The van der Waals surface area contributed by atoms with Crippen molar-refractivity contribution in [2.24, 2.45) is 5.92 Å². The van der Waals surface area contributed by atoms with Gasteiger partial charge in [-0.1, -0.05) is 13.8 Å². The van der Waals surface area contributed by atoms with Crippen LogP contribution in [0.25, 0.3) is 0 Å². The minimum Gasteiger partial charge on any atom is -0.370 e. The van der Waals surface area contributed by atoms with Crippen LogP contribution < -0.4 is 10.2 Å². The van der Waals surface area contributed by atoms with Crippen molar-refractivity contribution in [1.82, 2.24) is 9.97 Å². The van der Waals surface area contributed by atoms with E-state index in [9.17, 15) is 0 Å². The molecule has 0 spiro atoms. The van der Waals surface area contributed by atoms with E-state index in [1.165, 1.54) is 0 Å². The predicted octanol–water partition coefficient (Wildman–Crippen LogP) is 3.01. The third-order valence-corrected chi connectivity index (χ3v) is 3.49. The Bertz CT molecular complexity index is 401. The summed E-state index contributed by atoms with van der Waals surface area (Å²) in [5, 5.41) is 3.30. The van der Waals surface area contributed by atoms with E-state index in [1.54, 1.807) is 0 Å². The third-order valence-electron chi connectivity index (χ3n) is 3.49. The topological polar surface area (TPSA) is 41.1 Å². The SMILES string of the molecule is CCNc1nc(C)nc(N(C)C(C)C(C)C)c1C. The molecule has 0 radical (unpaired) electrons. The van der Waals surface area contributed by atoms with Crippen LogP contribution in [0.5, 0.6) is 0 Å². The summed E-state index contributed by atoms with van der Waals surface area (Å²) in [6.07, 6.45) is 0. The molecule has 1 N–H and O–H groups in total. The summed E-state index contributed by atoms with van der Waals surface area (Å²) in [6, 6.07) is 0.451. The average molecular weight is 250 g/mol. The molecule has 102 valence electrons. The number of rotatable bonds is 5. The van der Waals surface area contributed by atoms with E-state index in [-0.39, 0.29) is 0 Å². The van der Waals surface area contributed by atoms with Crippen LogP contribution in [0.1, 0.15) is 39.1 Å². The Morgan fingerprint density at radius 3 is 2.28 bits per heavy atom. The molecule has 0 amide bonds. The molecule has 0 aliphatic rings. The molecule has 1 unspecified atom stereocenters. The smallest absolute Gasteiger partial charge is 0.137 e. The number of anilines is 2. The van der Waals surface area contributed by atoms with Crippen LogP contribution in [0.15, 0.2) is 0 Å². The number of hydrogen-bond acceptors (Lipinski definition) is 4. The van der Waals surface area contributed by atoms with E-state index >= 15 is 0 Å². The number of hydrogen-bond donors (Lipinski definition) is 1. The van der Waals surface area contributed by atoms with Gasteiger partial charge >= 0.3 is 0 Å². The van der Waals surface area contributed by atoms with Crippen LogP contribution in [0.4, 0.5) is 11.6 Å². The second kappa shape index (κ2) is 6.03. The van der Waals surface area contributed by atoms with Gasteiger partial charge in [0.15, 0.2) is 0 Å². The second-order valence-electron chi connectivity index (χ2n) is 5.19. The highest BCUT2D eigenvalue weighted by molar-refractivity contribution is 5.58. The van der Waals surface area contributed by atoms with Crippen molar-refractivity contribution in [3.63, 3.8) is 0 Å². The first-order valence-electron chi connectivity index (χ1n) is 6.70. The maximum atomic E-state index is 4.59. The van der Waals surface area contributed by atoms with E-state index in [1.807, 2.05) is 6.92 Å². The van der Waals surface area contributed by atoms with Gasteiger partial charge < -0.3 is 10.2 Å². The molecule has 4 nitrogen and oxygen atoms in total. The van der Waals surface area contributed by atoms with Gasteiger partial charge in [-0.3, -0.25) is 0 Å². The molecule has 0 aliphatic carbocycles. The van der Waals surface area contributed by atoms with Crippen molar-refractivity contribution in [2.75, 3.05) is 23.8 Å². The minimum absolute atomic E-state index is 0.451. The van der Waals surface area contributed by atoms with Crippen LogP contribution in [-0.4, -0.2) is 29.6 Å². The summed E-state index contributed by atoms with van der Waals surface area (Å²) in [4.78, 5) is 11.3. The lowest BCUT2D eigenvalue weighted by atomic mass is 10.0. The molecule has 1 aromatic heterocycles. The molecule has 1 heterocycles. The van der Waals surface area contributed by atoms with Crippen molar-refractivity contribution < 1.29 is 0 Å². The molecule has 1 aromatic rings. The Labute approximate surface area is 111 Å². The van der Waals surface area contributed by atoms with E-state index < -0.39 is 0 Å². The Kier molecular flexibility index (Phi) is 4.93. The van der Waals surface area contributed by atoms with Crippen LogP contribution in [0.3, 0.4) is 0 Å². The zero-order chi connectivity index (χ0) is 13.9. The summed E-state index contributed by atoms with van der Waals surface area (Å²) < 4.78 is 0. The highest BCUT2D eigenvalue weighted by Crippen LogP contribution is 2.25. The zero-order valence-corrected chi connectivity index (χ0v) is 12.7. The maximum absolute atomic E-state index is 4.59. The Morgan fingerprint density at radius 2 is 1.78 bits per heavy atom. The summed E-state index contributed by atoms with van der Waals surface area (Å²) in [6.45, 7) is 13.7. The molecule has 1 atom stereocenters. The lowest BCUT2D eigenvalue weighted by molar-refractivity contribution is 0.501. The quantitative estimate of drug-likeness (QED) is 0.872. The van der Waals surface area contributed by atoms with Gasteiger partial charge in [-0.25, -0.2) is 9.97 Å². The Balaban J connectivity index is 3.15. The number of aromatic nitrogens is 2. The van der Waals surface area contributed by atoms with Crippen molar-refractivity contribution in [3.05, 3.63) is 11.4 Å². The van der Waals surface area contributed by atoms with Crippen LogP contribution >= 0.6 is 0 Å². The van der Waals surface area contributed by atoms with Crippen LogP contribution in [-0.2, 0) is 0 Å². The lowest BCUT2D eigenvalue weighted by Gasteiger charge is -2.30. The Morgan fingerprint density at radius 1 is 1.17 bits per heavy atom. The molecule has 0 aromatic carbocycles. The predicted molar refractivity (Wildman–Crippen MR) is 78.4 cm³/mol. The van der Waals surface area contributed by atoms with Crippen LogP contribution in [0.2, 0.25) is 0 Å². The third kappa shape index (κ3) is 3.12. The van der Waals surface area contributed by atoms with E-state index in [0.29, 0.717) is 12.0 Å². The first-order chi connectivity index (χ1) is 8.38. The molecule has 0 aliphatic heterocycles. The molecule has 4 heteroatoms. The van der Waals surface area contributed by atoms with Crippen LogP contribution in [0, 0.1) is 19.8 Å². The molecule has 0 fully saturated rings. The van der Waals surface area contributed by atoms with Gasteiger partial charge in [-0.2, -0.15) is 0 Å². The van der Waals surface area contributed by atoms with Gasteiger partial charge in [0.25, 0.3) is 0 Å². The normalized spacial score (nSPS) is 12.7. The van der Waals surface area contributed by atoms with Gasteiger partial charge in [0.1, 0.15) is 17.5 Å². The monoisotopic (exact) mass is 250 g/mol. The molecular weight excluding hydrogens is 224 g/mol.